The molecule has 3 rings (SSSR count). The van der Waals surface area contributed by atoms with Gasteiger partial charge in [0.15, 0.2) is 0 Å². The van der Waals surface area contributed by atoms with Gasteiger partial charge in [-0.15, -0.1) is 0 Å². The van der Waals surface area contributed by atoms with E-state index in [2.05, 4.69) is 4.90 Å². The predicted molar refractivity (Wildman–Crippen MR) is 100 cm³/mol. The van der Waals surface area contributed by atoms with Gasteiger partial charge in [0.2, 0.25) is 0 Å². The van der Waals surface area contributed by atoms with E-state index in [4.69, 9.17) is 21.1 Å². The number of ether oxygens (including phenoxy) is 2. The maximum Gasteiger partial charge on any atom is 0.119 e. The molecule has 0 amide bonds. The summed E-state index contributed by atoms with van der Waals surface area (Å²) in [5.41, 5.74) is 1.31. The molecule has 2 aromatic carbocycles. The molecule has 0 saturated carbocycles. The number of hydrogen-bond acceptors (Lipinski definition) is 4. The fourth-order valence-corrected chi connectivity index (χ4v) is 3.04. The molecule has 1 N–H and O–H groups in total. The van der Waals surface area contributed by atoms with Gasteiger partial charge in [-0.3, -0.25) is 4.90 Å². The van der Waals surface area contributed by atoms with Crippen LogP contribution in [0.25, 0.3) is 11.1 Å². The lowest BCUT2D eigenvalue weighted by molar-refractivity contribution is -0.0435. The van der Waals surface area contributed by atoms with Crippen LogP contribution in [0.1, 0.15) is 6.92 Å². The van der Waals surface area contributed by atoms with E-state index in [1.54, 1.807) is 0 Å². The first kappa shape index (κ1) is 18.2. The van der Waals surface area contributed by atoms with Crippen LogP contribution in [0.3, 0.4) is 0 Å². The Kier molecular flexibility index (Phi) is 5.97. The number of hydrogen-bond donors (Lipinski definition) is 1. The molecule has 0 spiro atoms. The SMILES string of the molecule is CC(O)(COc1ccc(-c2ccc(Cl)cc2)cc1)CN1CCOCC1. The van der Waals surface area contributed by atoms with Crippen LogP contribution in [-0.2, 0) is 4.74 Å². The summed E-state index contributed by atoms with van der Waals surface area (Å²) in [4.78, 5) is 2.20. The summed E-state index contributed by atoms with van der Waals surface area (Å²) in [7, 11) is 0. The van der Waals surface area contributed by atoms with Gasteiger partial charge in [-0.25, -0.2) is 0 Å². The monoisotopic (exact) mass is 361 g/mol. The largest absolute Gasteiger partial charge is 0.491 e. The van der Waals surface area contributed by atoms with Crippen LogP contribution in [0.2, 0.25) is 5.02 Å². The lowest BCUT2D eigenvalue weighted by Gasteiger charge is -2.33. The second-order valence-corrected chi connectivity index (χ2v) is 7.14. The summed E-state index contributed by atoms with van der Waals surface area (Å²) in [6.07, 6.45) is 0. The van der Waals surface area contributed by atoms with Crippen LogP contribution in [0.5, 0.6) is 5.75 Å². The van der Waals surface area contributed by atoms with Crippen molar-refractivity contribution in [1.29, 1.82) is 0 Å². The van der Waals surface area contributed by atoms with Crippen LogP contribution in [0.15, 0.2) is 48.5 Å². The van der Waals surface area contributed by atoms with Gasteiger partial charge in [-0.2, -0.15) is 0 Å². The number of nitrogens with zero attached hydrogens (tertiary/aromatic N) is 1. The number of benzene rings is 2. The van der Waals surface area contributed by atoms with Gasteiger partial charge in [0.25, 0.3) is 0 Å². The van der Waals surface area contributed by atoms with Crippen molar-refractivity contribution in [2.45, 2.75) is 12.5 Å². The highest BCUT2D eigenvalue weighted by Crippen LogP contribution is 2.24. The molecule has 1 fully saturated rings. The molecule has 1 aliphatic heterocycles. The number of halogens is 1. The average molecular weight is 362 g/mol. The molecular formula is C20H24ClNO3. The van der Waals surface area contributed by atoms with E-state index in [0.717, 1.165) is 48.2 Å². The zero-order valence-corrected chi connectivity index (χ0v) is 15.2. The minimum absolute atomic E-state index is 0.255. The molecule has 4 nitrogen and oxygen atoms in total. The Labute approximate surface area is 153 Å². The van der Waals surface area contributed by atoms with Crippen molar-refractivity contribution in [2.24, 2.45) is 0 Å². The second kappa shape index (κ2) is 8.19. The molecule has 1 atom stereocenters. The molecule has 134 valence electrons. The van der Waals surface area contributed by atoms with Crippen LogP contribution in [-0.4, -0.2) is 55.1 Å². The standard InChI is InChI=1S/C20H24ClNO3/c1-20(23,14-22-10-12-24-13-11-22)15-25-19-8-4-17(5-9-19)16-2-6-18(21)7-3-16/h2-9,23H,10-15H2,1H3. The van der Waals surface area contributed by atoms with E-state index in [9.17, 15) is 5.11 Å². The summed E-state index contributed by atoms with van der Waals surface area (Å²) < 4.78 is 11.1. The van der Waals surface area contributed by atoms with Crippen molar-refractivity contribution < 1.29 is 14.6 Å². The summed E-state index contributed by atoms with van der Waals surface area (Å²) in [6, 6.07) is 15.6. The van der Waals surface area contributed by atoms with Gasteiger partial charge in [0, 0.05) is 24.7 Å². The Balaban J connectivity index is 1.54. The van der Waals surface area contributed by atoms with Gasteiger partial charge >= 0.3 is 0 Å². The lowest BCUT2D eigenvalue weighted by Crippen LogP contribution is -2.48. The van der Waals surface area contributed by atoms with Crippen molar-refractivity contribution >= 4 is 11.6 Å². The third-order valence-corrected chi connectivity index (χ3v) is 4.50. The molecule has 25 heavy (non-hydrogen) atoms. The van der Waals surface area contributed by atoms with Gasteiger partial charge < -0.3 is 14.6 Å². The normalized spacial score (nSPS) is 17.9. The first-order chi connectivity index (χ1) is 12.0. The molecule has 2 aromatic rings. The van der Waals surface area contributed by atoms with E-state index in [-0.39, 0.29) is 6.61 Å². The van der Waals surface area contributed by atoms with E-state index in [1.807, 2.05) is 55.5 Å². The minimum atomic E-state index is -0.897. The first-order valence-electron chi connectivity index (χ1n) is 8.53. The summed E-state index contributed by atoms with van der Waals surface area (Å²) in [5, 5.41) is 11.3. The second-order valence-electron chi connectivity index (χ2n) is 6.71. The quantitative estimate of drug-likeness (QED) is 0.855. The van der Waals surface area contributed by atoms with E-state index < -0.39 is 5.60 Å². The molecule has 0 radical (unpaired) electrons. The maximum absolute atomic E-state index is 10.6. The summed E-state index contributed by atoms with van der Waals surface area (Å²) >= 11 is 5.92. The number of aliphatic hydroxyl groups is 1. The Hall–Kier alpha value is -1.59. The molecule has 5 heteroatoms. The number of rotatable bonds is 6. The van der Waals surface area contributed by atoms with Gasteiger partial charge in [0.1, 0.15) is 18.0 Å². The van der Waals surface area contributed by atoms with E-state index >= 15 is 0 Å². The minimum Gasteiger partial charge on any atom is -0.491 e. The molecule has 1 unspecified atom stereocenters. The third-order valence-electron chi connectivity index (χ3n) is 4.25. The van der Waals surface area contributed by atoms with Crippen molar-refractivity contribution in [3.05, 3.63) is 53.6 Å². The highest BCUT2D eigenvalue weighted by Gasteiger charge is 2.26. The topological polar surface area (TPSA) is 41.9 Å². The number of morpholine rings is 1. The Morgan fingerprint density at radius 2 is 1.60 bits per heavy atom. The first-order valence-corrected chi connectivity index (χ1v) is 8.91. The van der Waals surface area contributed by atoms with Gasteiger partial charge in [-0.1, -0.05) is 35.9 Å². The Bertz CT molecular complexity index is 664. The predicted octanol–water partition coefficient (Wildman–Crippen LogP) is 3.47. The zero-order valence-electron chi connectivity index (χ0n) is 14.5. The Morgan fingerprint density at radius 3 is 2.20 bits per heavy atom. The van der Waals surface area contributed by atoms with Crippen LogP contribution < -0.4 is 4.74 Å². The maximum atomic E-state index is 10.6. The highest BCUT2D eigenvalue weighted by molar-refractivity contribution is 6.30. The smallest absolute Gasteiger partial charge is 0.119 e. The third kappa shape index (κ3) is 5.44. The molecule has 0 aromatic heterocycles. The molecule has 0 aliphatic carbocycles. The fraction of sp³-hybridized carbons (Fsp3) is 0.400. The van der Waals surface area contributed by atoms with Crippen molar-refractivity contribution in [1.82, 2.24) is 4.90 Å². The van der Waals surface area contributed by atoms with Crippen molar-refractivity contribution in [3.63, 3.8) is 0 Å². The molecule has 1 heterocycles. The average Bonchev–Trinajstić information content (AvgIpc) is 2.62. The molecule has 1 saturated heterocycles. The van der Waals surface area contributed by atoms with E-state index in [1.165, 1.54) is 0 Å². The summed E-state index contributed by atoms with van der Waals surface area (Å²) in [6.45, 7) is 5.80. The Morgan fingerprint density at radius 1 is 1.04 bits per heavy atom. The highest BCUT2D eigenvalue weighted by atomic mass is 35.5. The van der Waals surface area contributed by atoms with Crippen LogP contribution in [0, 0.1) is 0 Å². The van der Waals surface area contributed by atoms with Crippen molar-refractivity contribution in [3.8, 4) is 16.9 Å². The molecule has 0 bridgehead atoms. The van der Waals surface area contributed by atoms with Gasteiger partial charge in [-0.05, 0) is 42.3 Å². The number of β-amino-alcohol motifs (C(OH)–C–C–N with tert-alkyl or cyclic N) is 1. The zero-order chi connectivity index (χ0) is 17.7. The van der Waals surface area contributed by atoms with Crippen LogP contribution in [0.4, 0.5) is 0 Å². The molecular weight excluding hydrogens is 338 g/mol. The lowest BCUT2D eigenvalue weighted by atomic mass is 10.1. The van der Waals surface area contributed by atoms with Gasteiger partial charge in [0.05, 0.1) is 13.2 Å². The van der Waals surface area contributed by atoms with Crippen LogP contribution >= 0.6 is 11.6 Å². The van der Waals surface area contributed by atoms with E-state index in [0.29, 0.717) is 6.54 Å². The fourth-order valence-electron chi connectivity index (χ4n) is 2.91. The molecule has 1 aliphatic rings. The van der Waals surface area contributed by atoms with Crippen molar-refractivity contribution in [2.75, 3.05) is 39.5 Å². The summed E-state index contributed by atoms with van der Waals surface area (Å²) in [5.74, 6) is 0.750.